The second-order valence-corrected chi connectivity index (χ2v) is 11.5. The minimum absolute atomic E-state index is 0.544. The third kappa shape index (κ3) is 11.4. The zero-order valence-corrected chi connectivity index (χ0v) is 22.2. The number of unbranched alkanes of at least 4 members (excludes halogenated alkanes) is 17. The van der Waals surface area contributed by atoms with Gasteiger partial charge in [0.15, 0.2) is 0 Å². The molecule has 0 radical (unpaired) electrons. The Morgan fingerprint density at radius 1 is 0.562 bits per heavy atom. The Morgan fingerprint density at radius 3 is 1.31 bits per heavy atom. The fraction of sp³-hybridized carbons (Fsp3) is 1.00. The van der Waals surface area contributed by atoms with E-state index in [0.29, 0.717) is 5.54 Å². The first-order valence-corrected chi connectivity index (χ1v) is 15.3. The van der Waals surface area contributed by atoms with Crippen LogP contribution in [-0.4, -0.2) is 30.1 Å². The highest BCUT2D eigenvalue weighted by Crippen LogP contribution is 2.47. The lowest BCUT2D eigenvalue weighted by Gasteiger charge is -2.53. The van der Waals surface area contributed by atoms with Gasteiger partial charge in [-0.25, -0.2) is 0 Å². The van der Waals surface area contributed by atoms with Crippen molar-refractivity contribution in [1.82, 2.24) is 4.90 Å². The molecule has 0 amide bonds. The van der Waals surface area contributed by atoms with Crippen molar-refractivity contribution in [3.63, 3.8) is 0 Å². The standard InChI is InChI=1S/C30H60N2/c1-2-3-4-5-6-7-8-9-10-11-12-13-14-15-16-17-18-19-27-32(28-26-31)30-23-20-29(21-24-30)22-25-30/h29H,2-28,31H2,1H3. The molecule has 2 N–H and O–H groups in total. The van der Waals surface area contributed by atoms with Gasteiger partial charge in [0.1, 0.15) is 0 Å². The lowest BCUT2D eigenvalue weighted by molar-refractivity contribution is -0.0107. The molecule has 0 aromatic carbocycles. The average Bonchev–Trinajstić information content (AvgIpc) is 2.83. The van der Waals surface area contributed by atoms with E-state index in [9.17, 15) is 0 Å². The highest BCUT2D eigenvalue weighted by atomic mass is 15.2. The highest BCUT2D eigenvalue weighted by Gasteiger charge is 2.43. The van der Waals surface area contributed by atoms with Crippen molar-refractivity contribution in [1.29, 1.82) is 0 Å². The highest BCUT2D eigenvalue weighted by molar-refractivity contribution is 4.99. The molecule has 0 saturated heterocycles. The van der Waals surface area contributed by atoms with Crippen LogP contribution in [0, 0.1) is 5.92 Å². The van der Waals surface area contributed by atoms with Gasteiger partial charge >= 0.3 is 0 Å². The van der Waals surface area contributed by atoms with Gasteiger partial charge in [0, 0.05) is 18.6 Å². The van der Waals surface area contributed by atoms with Crippen LogP contribution in [0.3, 0.4) is 0 Å². The van der Waals surface area contributed by atoms with Crippen molar-refractivity contribution in [3.8, 4) is 0 Å². The van der Waals surface area contributed by atoms with Crippen LogP contribution in [0.4, 0.5) is 0 Å². The molecule has 0 atom stereocenters. The van der Waals surface area contributed by atoms with Gasteiger partial charge in [-0.2, -0.15) is 0 Å². The molecule has 3 fully saturated rings. The van der Waals surface area contributed by atoms with Gasteiger partial charge in [-0.3, -0.25) is 4.90 Å². The van der Waals surface area contributed by atoms with Crippen molar-refractivity contribution in [2.45, 2.75) is 167 Å². The van der Waals surface area contributed by atoms with E-state index in [2.05, 4.69) is 11.8 Å². The van der Waals surface area contributed by atoms with Crippen molar-refractivity contribution in [2.75, 3.05) is 19.6 Å². The second-order valence-electron chi connectivity index (χ2n) is 11.5. The minimum Gasteiger partial charge on any atom is -0.329 e. The van der Waals surface area contributed by atoms with Gasteiger partial charge in [0.05, 0.1) is 0 Å². The largest absolute Gasteiger partial charge is 0.329 e. The summed E-state index contributed by atoms with van der Waals surface area (Å²) in [6, 6.07) is 0. The maximum atomic E-state index is 5.99. The molecule has 3 saturated carbocycles. The zero-order chi connectivity index (χ0) is 22.7. The van der Waals surface area contributed by atoms with Crippen LogP contribution in [0.2, 0.25) is 0 Å². The van der Waals surface area contributed by atoms with Crippen LogP contribution >= 0.6 is 0 Å². The lowest BCUT2D eigenvalue weighted by Crippen LogP contribution is -2.55. The molecule has 2 heteroatoms. The summed E-state index contributed by atoms with van der Waals surface area (Å²) >= 11 is 0. The summed E-state index contributed by atoms with van der Waals surface area (Å²) in [7, 11) is 0. The Balaban J connectivity index is 1.34. The molecular formula is C30H60N2. The van der Waals surface area contributed by atoms with Gasteiger partial charge in [0.25, 0.3) is 0 Å². The van der Waals surface area contributed by atoms with Crippen molar-refractivity contribution < 1.29 is 0 Å². The van der Waals surface area contributed by atoms with Crippen LogP contribution < -0.4 is 5.73 Å². The topological polar surface area (TPSA) is 29.3 Å². The molecule has 3 aliphatic rings. The van der Waals surface area contributed by atoms with Crippen LogP contribution in [0.25, 0.3) is 0 Å². The van der Waals surface area contributed by atoms with Crippen LogP contribution in [0.15, 0.2) is 0 Å². The molecule has 0 unspecified atom stereocenters. The minimum atomic E-state index is 0.544. The van der Waals surface area contributed by atoms with E-state index in [1.807, 2.05) is 0 Å². The number of nitrogens with two attached hydrogens (primary N) is 1. The third-order valence-corrected chi connectivity index (χ3v) is 8.91. The van der Waals surface area contributed by atoms with Gasteiger partial charge < -0.3 is 5.73 Å². The molecule has 0 aromatic rings. The number of hydrogen-bond acceptors (Lipinski definition) is 2. The molecule has 0 heterocycles. The van der Waals surface area contributed by atoms with E-state index in [0.717, 1.165) is 19.0 Å². The molecule has 3 rings (SSSR count). The van der Waals surface area contributed by atoms with E-state index in [1.54, 1.807) is 0 Å². The molecule has 0 aromatic heterocycles. The molecular weight excluding hydrogens is 388 g/mol. The van der Waals surface area contributed by atoms with Crippen LogP contribution in [-0.2, 0) is 0 Å². The SMILES string of the molecule is CCCCCCCCCCCCCCCCCCCCN(CCN)C12CCC(CC1)CC2. The predicted molar refractivity (Wildman–Crippen MR) is 143 cm³/mol. The van der Waals surface area contributed by atoms with E-state index < -0.39 is 0 Å². The zero-order valence-electron chi connectivity index (χ0n) is 22.2. The Kier molecular flexibility index (Phi) is 16.1. The Morgan fingerprint density at radius 2 is 0.938 bits per heavy atom. The molecule has 190 valence electrons. The van der Waals surface area contributed by atoms with Gasteiger partial charge in [-0.05, 0) is 57.4 Å². The van der Waals surface area contributed by atoms with E-state index >= 15 is 0 Å². The summed E-state index contributed by atoms with van der Waals surface area (Å²) < 4.78 is 0. The maximum Gasteiger partial charge on any atom is 0.0210 e. The summed E-state index contributed by atoms with van der Waals surface area (Å²) in [5.41, 5.74) is 6.54. The van der Waals surface area contributed by atoms with Gasteiger partial charge in [0.2, 0.25) is 0 Å². The van der Waals surface area contributed by atoms with Crippen molar-refractivity contribution in [2.24, 2.45) is 11.7 Å². The average molecular weight is 449 g/mol. The van der Waals surface area contributed by atoms with E-state index in [4.69, 9.17) is 5.73 Å². The Hall–Kier alpha value is -0.0800. The number of nitrogens with zero attached hydrogens (tertiary/aromatic N) is 1. The predicted octanol–water partition coefficient (Wildman–Crippen LogP) is 9.01. The monoisotopic (exact) mass is 448 g/mol. The molecule has 0 aliphatic heterocycles. The first kappa shape index (κ1) is 28.2. The van der Waals surface area contributed by atoms with Gasteiger partial charge in [-0.1, -0.05) is 116 Å². The molecule has 3 aliphatic carbocycles. The van der Waals surface area contributed by atoms with E-state index in [-0.39, 0.29) is 0 Å². The summed E-state index contributed by atoms with van der Waals surface area (Å²) in [5.74, 6) is 1.06. The lowest BCUT2D eigenvalue weighted by atomic mass is 9.65. The fourth-order valence-electron chi connectivity index (χ4n) is 6.65. The molecule has 0 spiro atoms. The Bertz CT molecular complexity index is 399. The number of fused-ring (bicyclic) bond motifs is 3. The summed E-state index contributed by atoms with van der Waals surface area (Å²) in [5, 5.41) is 0. The molecule has 32 heavy (non-hydrogen) atoms. The first-order valence-electron chi connectivity index (χ1n) is 15.3. The number of rotatable bonds is 22. The quantitative estimate of drug-likeness (QED) is 0.167. The molecule has 2 bridgehead atoms. The first-order chi connectivity index (χ1) is 15.8. The third-order valence-electron chi connectivity index (χ3n) is 8.91. The molecule has 2 nitrogen and oxygen atoms in total. The summed E-state index contributed by atoms with van der Waals surface area (Å²) in [6.07, 6.45) is 35.1. The Labute approximate surface area is 202 Å². The van der Waals surface area contributed by atoms with Crippen LogP contribution in [0.1, 0.15) is 161 Å². The maximum absolute atomic E-state index is 5.99. The summed E-state index contributed by atoms with van der Waals surface area (Å²) in [4.78, 5) is 2.83. The van der Waals surface area contributed by atoms with Gasteiger partial charge in [-0.15, -0.1) is 0 Å². The smallest absolute Gasteiger partial charge is 0.0210 e. The normalized spacial score (nSPS) is 22.8. The number of hydrogen-bond donors (Lipinski definition) is 1. The van der Waals surface area contributed by atoms with Crippen LogP contribution in [0.5, 0.6) is 0 Å². The van der Waals surface area contributed by atoms with Crippen molar-refractivity contribution >= 4 is 0 Å². The summed E-state index contributed by atoms with van der Waals surface area (Å²) in [6.45, 7) is 5.58. The second kappa shape index (κ2) is 18.3. The fourth-order valence-corrected chi connectivity index (χ4v) is 6.65. The van der Waals surface area contributed by atoms with Crippen molar-refractivity contribution in [3.05, 3.63) is 0 Å². The van der Waals surface area contributed by atoms with E-state index in [1.165, 1.54) is 161 Å².